The van der Waals surface area contributed by atoms with Gasteiger partial charge in [-0.3, -0.25) is 14.5 Å². The van der Waals surface area contributed by atoms with E-state index in [-0.39, 0.29) is 11.8 Å². The number of sulfonamides is 1. The fraction of sp³-hybridized carbons (Fsp3) is 0.471. The Kier molecular flexibility index (Phi) is 5.67. The Morgan fingerprint density at radius 1 is 1.23 bits per heavy atom. The molecule has 2 aromatic heterocycles. The van der Waals surface area contributed by atoms with E-state index in [0.717, 1.165) is 11.1 Å². The fourth-order valence-corrected chi connectivity index (χ4v) is 3.94. The van der Waals surface area contributed by atoms with Crippen molar-refractivity contribution in [2.75, 3.05) is 25.9 Å². The highest BCUT2D eigenvalue weighted by Gasteiger charge is 2.28. The number of carbonyl (C=O) groups is 1. The Balaban J connectivity index is 1.44. The Morgan fingerprint density at radius 3 is 2.58 bits per heavy atom. The summed E-state index contributed by atoms with van der Waals surface area (Å²) in [5.41, 5.74) is 2.06. The molecule has 0 bridgehead atoms. The number of amides is 1. The van der Waals surface area contributed by atoms with Gasteiger partial charge in [-0.25, -0.2) is 12.7 Å². The normalized spacial score (nSPS) is 16.5. The van der Waals surface area contributed by atoms with Gasteiger partial charge in [-0.1, -0.05) is 0 Å². The van der Waals surface area contributed by atoms with Crippen molar-refractivity contribution in [1.82, 2.24) is 24.4 Å². The first kappa shape index (κ1) is 18.5. The summed E-state index contributed by atoms with van der Waals surface area (Å²) in [6, 6.07) is 3.85. The average molecular weight is 377 g/mol. The molecule has 1 aliphatic heterocycles. The minimum Gasteiger partial charge on any atom is -0.354 e. The average Bonchev–Trinajstić information content (AvgIpc) is 3.11. The number of hydrogen-bond acceptors (Lipinski definition) is 5. The van der Waals surface area contributed by atoms with E-state index in [1.165, 1.54) is 10.6 Å². The van der Waals surface area contributed by atoms with Crippen molar-refractivity contribution in [3.63, 3.8) is 0 Å². The second kappa shape index (κ2) is 7.96. The van der Waals surface area contributed by atoms with E-state index in [1.807, 2.05) is 18.3 Å². The number of pyridine rings is 1. The summed E-state index contributed by atoms with van der Waals surface area (Å²) in [6.07, 6.45) is 9.53. The molecule has 0 saturated carbocycles. The van der Waals surface area contributed by atoms with Crippen LogP contribution in [0, 0.1) is 5.92 Å². The number of nitrogens with zero attached hydrogens (tertiary/aromatic N) is 4. The van der Waals surface area contributed by atoms with Crippen molar-refractivity contribution in [2.45, 2.75) is 19.4 Å². The molecule has 0 atom stereocenters. The molecule has 0 spiro atoms. The molecule has 0 aromatic carbocycles. The lowest BCUT2D eigenvalue weighted by atomic mass is 9.97. The van der Waals surface area contributed by atoms with Crippen LogP contribution in [0.25, 0.3) is 11.1 Å². The zero-order valence-corrected chi connectivity index (χ0v) is 15.5. The lowest BCUT2D eigenvalue weighted by molar-refractivity contribution is -0.126. The van der Waals surface area contributed by atoms with E-state index in [2.05, 4.69) is 15.4 Å². The van der Waals surface area contributed by atoms with Gasteiger partial charge in [0.25, 0.3) is 0 Å². The predicted octanol–water partition coefficient (Wildman–Crippen LogP) is 0.733. The number of nitrogens with one attached hydrogen (secondary N) is 1. The quantitative estimate of drug-likeness (QED) is 0.801. The van der Waals surface area contributed by atoms with Gasteiger partial charge in [0.1, 0.15) is 0 Å². The standard InChI is InChI=1S/C17H23N5O3S/c1-26(24,25)22-9-4-15(5-10-22)17(23)19-8-11-21-13-16(12-20-21)14-2-6-18-7-3-14/h2-3,6-7,12-13,15H,4-5,8-11H2,1H3,(H,19,23). The monoisotopic (exact) mass is 377 g/mol. The van der Waals surface area contributed by atoms with Crippen LogP contribution >= 0.6 is 0 Å². The minimum absolute atomic E-state index is 0.0142. The molecular weight excluding hydrogens is 354 g/mol. The van der Waals surface area contributed by atoms with Crippen LogP contribution in [0.5, 0.6) is 0 Å². The van der Waals surface area contributed by atoms with Crippen molar-refractivity contribution >= 4 is 15.9 Å². The van der Waals surface area contributed by atoms with E-state index in [1.54, 1.807) is 23.3 Å². The summed E-state index contributed by atoms with van der Waals surface area (Å²) in [4.78, 5) is 16.3. The molecule has 1 saturated heterocycles. The maximum absolute atomic E-state index is 12.3. The molecule has 0 radical (unpaired) electrons. The predicted molar refractivity (Wildman–Crippen MR) is 97.6 cm³/mol. The summed E-state index contributed by atoms with van der Waals surface area (Å²) in [5.74, 6) is -0.141. The first-order valence-corrected chi connectivity index (χ1v) is 10.4. The van der Waals surface area contributed by atoms with Crippen molar-refractivity contribution in [3.05, 3.63) is 36.9 Å². The highest BCUT2D eigenvalue weighted by molar-refractivity contribution is 7.88. The maximum atomic E-state index is 12.3. The Labute approximate surface area is 153 Å². The molecule has 0 unspecified atom stereocenters. The van der Waals surface area contributed by atoms with Gasteiger partial charge < -0.3 is 5.32 Å². The summed E-state index contributed by atoms with van der Waals surface area (Å²) in [5, 5.41) is 7.24. The van der Waals surface area contributed by atoms with Crippen LogP contribution in [-0.2, 0) is 21.4 Å². The summed E-state index contributed by atoms with van der Waals surface area (Å²) < 4.78 is 26.2. The van der Waals surface area contributed by atoms with Gasteiger partial charge in [0.15, 0.2) is 0 Å². The van der Waals surface area contributed by atoms with Crippen LogP contribution in [0.15, 0.2) is 36.9 Å². The Hall–Kier alpha value is -2.26. The van der Waals surface area contributed by atoms with Crippen LogP contribution in [0.1, 0.15) is 12.8 Å². The molecule has 1 N–H and O–H groups in total. The van der Waals surface area contributed by atoms with Crippen LogP contribution in [-0.4, -0.2) is 59.3 Å². The molecule has 3 heterocycles. The van der Waals surface area contributed by atoms with Crippen LogP contribution < -0.4 is 5.32 Å². The summed E-state index contributed by atoms with van der Waals surface area (Å²) in [6.45, 7) is 1.89. The zero-order chi connectivity index (χ0) is 18.6. The third-order valence-corrected chi connectivity index (χ3v) is 5.88. The van der Waals surface area contributed by atoms with E-state index in [0.29, 0.717) is 39.0 Å². The number of hydrogen-bond donors (Lipinski definition) is 1. The summed E-state index contributed by atoms with van der Waals surface area (Å²) >= 11 is 0. The van der Waals surface area contributed by atoms with E-state index in [9.17, 15) is 13.2 Å². The first-order chi connectivity index (χ1) is 12.4. The van der Waals surface area contributed by atoms with Gasteiger partial charge in [-0.05, 0) is 30.5 Å². The largest absolute Gasteiger partial charge is 0.354 e. The van der Waals surface area contributed by atoms with Gasteiger partial charge in [-0.15, -0.1) is 0 Å². The lowest BCUT2D eigenvalue weighted by Gasteiger charge is -2.29. The molecule has 140 valence electrons. The van der Waals surface area contributed by atoms with E-state index < -0.39 is 10.0 Å². The number of carbonyl (C=O) groups excluding carboxylic acids is 1. The van der Waals surface area contributed by atoms with Gasteiger partial charge in [-0.2, -0.15) is 5.10 Å². The molecule has 8 nitrogen and oxygen atoms in total. The fourth-order valence-electron chi connectivity index (χ4n) is 3.07. The molecule has 0 aliphatic carbocycles. The number of aromatic nitrogens is 3. The Bertz CT molecular complexity index is 842. The summed E-state index contributed by atoms with van der Waals surface area (Å²) in [7, 11) is -3.16. The highest BCUT2D eigenvalue weighted by atomic mass is 32.2. The second-order valence-corrected chi connectivity index (χ2v) is 8.44. The van der Waals surface area contributed by atoms with Crippen molar-refractivity contribution in [2.24, 2.45) is 5.92 Å². The smallest absolute Gasteiger partial charge is 0.223 e. The van der Waals surface area contributed by atoms with Crippen LogP contribution in [0.3, 0.4) is 0 Å². The highest BCUT2D eigenvalue weighted by Crippen LogP contribution is 2.19. The van der Waals surface area contributed by atoms with E-state index >= 15 is 0 Å². The molecule has 1 amide bonds. The number of rotatable bonds is 6. The Morgan fingerprint density at radius 2 is 1.92 bits per heavy atom. The van der Waals surface area contributed by atoms with Crippen molar-refractivity contribution < 1.29 is 13.2 Å². The maximum Gasteiger partial charge on any atom is 0.223 e. The van der Waals surface area contributed by atoms with Gasteiger partial charge in [0, 0.05) is 49.7 Å². The topological polar surface area (TPSA) is 97.2 Å². The lowest BCUT2D eigenvalue weighted by Crippen LogP contribution is -2.43. The van der Waals surface area contributed by atoms with Crippen molar-refractivity contribution in [1.29, 1.82) is 0 Å². The zero-order valence-electron chi connectivity index (χ0n) is 14.7. The molecule has 2 aromatic rings. The molecule has 3 rings (SSSR count). The molecule has 9 heteroatoms. The molecular formula is C17H23N5O3S. The van der Waals surface area contributed by atoms with Gasteiger partial charge in [0.05, 0.1) is 19.0 Å². The van der Waals surface area contributed by atoms with Crippen LogP contribution in [0.2, 0.25) is 0 Å². The van der Waals surface area contributed by atoms with Gasteiger partial charge in [0.2, 0.25) is 15.9 Å². The van der Waals surface area contributed by atoms with Crippen molar-refractivity contribution in [3.8, 4) is 11.1 Å². The number of piperidine rings is 1. The molecule has 1 fully saturated rings. The van der Waals surface area contributed by atoms with E-state index in [4.69, 9.17) is 0 Å². The SMILES string of the molecule is CS(=O)(=O)N1CCC(C(=O)NCCn2cc(-c3ccncc3)cn2)CC1. The second-order valence-electron chi connectivity index (χ2n) is 6.46. The molecule has 1 aliphatic rings. The first-order valence-electron chi connectivity index (χ1n) is 8.59. The minimum atomic E-state index is -3.16. The molecule has 26 heavy (non-hydrogen) atoms. The third kappa shape index (κ3) is 4.67. The third-order valence-electron chi connectivity index (χ3n) is 4.58. The van der Waals surface area contributed by atoms with Gasteiger partial charge >= 0.3 is 0 Å². The van der Waals surface area contributed by atoms with Crippen LogP contribution in [0.4, 0.5) is 0 Å².